The van der Waals surface area contributed by atoms with Crippen molar-refractivity contribution < 1.29 is 39.8 Å². The van der Waals surface area contributed by atoms with E-state index in [0.29, 0.717) is 6.42 Å². The maximum absolute atomic E-state index is 13.1. The molecule has 0 aromatic rings. The predicted molar refractivity (Wildman–Crippen MR) is 327 cm³/mol. The number of aliphatic hydroxyl groups excluding tert-OH is 5. The highest BCUT2D eigenvalue weighted by atomic mass is 16.7. The number of rotatable bonds is 60. The fourth-order valence-corrected chi connectivity index (χ4v) is 11.2. The zero-order valence-electron chi connectivity index (χ0n) is 51.0. The van der Waals surface area contributed by atoms with Gasteiger partial charge in [-0.05, 0) is 32.1 Å². The molecular weight excluding hydrogens is 959 g/mol. The van der Waals surface area contributed by atoms with Gasteiger partial charge in [-0.1, -0.05) is 334 Å². The van der Waals surface area contributed by atoms with Crippen molar-refractivity contribution in [2.24, 2.45) is 0 Å². The summed E-state index contributed by atoms with van der Waals surface area (Å²) in [6, 6.07) is -0.819. The van der Waals surface area contributed by atoms with Crippen molar-refractivity contribution in [1.82, 2.24) is 5.32 Å². The molecule has 0 bridgehead atoms. The molecule has 0 saturated carbocycles. The Balaban J connectivity index is 2.09. The Morgan fingerprint density at radius 1 is 0.429 bits per heavy atom. The normalized spacial score (nSPS) is 18.8. The van der Waals surface area contributed by atoms with Crippen LogP contribution in [-0.4, -0.2) is 87.5 Å². The molecule has 0 radical (unpaired) electrons. The van der Waals surface area contributed by atoms with E-state index in [2.05, 4.69) is 31.3 Å². The Morgan fingerprint density at radius 2 is 0.740 bits per heavy atom. The smallest absolute Gasteiger partial charge is 0.220 e. The van der Waals surface area contributed by atoms with Gasteiger partial charge in [0.15, 0.2) is 6.29 Å². The number of unbranched alkanes of at least 4 members (excludes halogenated alkanes) is 48. The molecule has 77 heavy (non-hydrogen) atoms. The summed E-state index contributed by atoms with van der Waals surface area (Å²) >= 11 is 0. The van der Waals surface area contributed by atoms with Gasteiger partial charge >= 0.3 is 0 Å². The lowest BCUT2D eigenvalue weighted by atomic mass is 9.99. The summed E-state index contributed by atoms with van der Waals surface area (Å²) in [5.74, 6) is -0.179. The molecule has 1 amide bonds. The molecule has 0 spiro atoms. The van der Waals surface area contributed by atoms with Crippen molar-refractivity contribution in [3.63, 3.8) is 0 Å². The molecular formula is C68H131NO8. The summed E-state index contributed by atoms with van der Waals surface area (Å²) in [6.45, 7) is 3.81. The topological polar surface area (TPSA) is 149 Å². The summed E-state index contributed by atoms with van der Waals surface area (Å²) in [5, 5.41) is 54.6. The van der Waals surface area contributed by atoms with Crippen molar-refractivity contribution in [1.29, 1.82) is 0 Å². The Morgan fingerprint density at radius 3 is 1.09 bits per heavy atom. The third-order valence-electron chi connectivity index (χ3n) is 16.5. The highest BCUT2D eigenvalue weighted by Crippen LogP contribution is 2.23. The minimum atomic E-state index is -1.57. The van der Waals surface area contributed by atoms with Crippen LogP contribution in [0.15, 0.2) is 24.3 Å². The SMILES string of the molecule is CCCCCCCCCCCCCCC/C=C/CC/C=C/C(O)C(COC1OC(CO)C(O)C(O)C1O)NC(=O)CCCCCCCCCCCCCCCCCCCCCCCCCCCCCCCCCCCCC. The van der Waals surface area contributed by atoms with Crippen LogP contribution in [0.4, 0.5) is 0 Å². The molecule has 7 atom stereocenters. The molecule has 1 aliphatic heterocycles. The first-order valence-electron chi connectivity index (χ1n) is 34.1. The number of allylic oxidation sites excluding steroid dienone is 3. The van der Waals surface area contributed by atoms with Gasteiger partial charge in [0.05, 0.1) is 25.4 Å². The van der Waals surface area contributed by atoms with E-state index in [-0.39, 0.29) is 12.5 Å². The molecule has 1 fully saturated rings. The second-order valence-electron chi connectivity index (χ2n) is 24.0. The molecule has 1 heterocycles. The van der Waals surface area contributed by atoms with E-state index in [4.69, 9.17) is 9.47 Å². The maximum Gasteiger partial charge on any atom is 0.220 e. The third kappa shape index (κ3) is 46.9. The molecule has 1 rings (SSSR count). The van der Waals surface area contributed by atoms with Crippen LogP contribution in [0.25, 0.3) is 0 Å². The zero-order chi connectivity index (χ0) is 55.8. The molecule has 456 valence electrons. The number of ether oxygens (including phenoxy) is 2. The van der Waals surface area contributed by atoms with Crippen molar-refractivity contribution in [2.45, 2.75) is 391 Å². The van der Waals surface area contributed by atoms with Crippen LogP contribution in [-0.2, 0) is 14.3 Å². The van der Waals surface area contributed by atoms with E-state index >= 15 is 0 Å². The second-order valence-corrected chi connectivity index (χ2v) is 24.0. The van der Waals surface area contributed by atoms with Gasteiger partial charge in [0, 0.05) is 6.42 Å². The summed E-state index contributed by atoms with van der Waals surface area (Å²) in [6.07, 6.45) is 68.7. The Bertz CT molecular complexity index is 1260. The minimum Gasteiger partial charge on any atom is -0.394 e. The quantitative estimate of drug-likeness (QED) is 0.0261. The average molecular weight is 1090 g/mol. The number of amides is 1. The summed E-state index contributed by atoms with van der Waals surface area (Å²) in [7, 11) is 0. The molecule has 9 heteroatoms. The van der Waals surface area contributed by atoms with Crippen LogP contribution < -0.4 is 5.32 Å². The average Bonchev–Trinajstić information content (AvgIpc) is 3.43. The van der Waals surface area contributed by atoms with Crippen LogP contribution in [0.3, 0.4) is 0 Å². The van der Waals surface area contributed by atoms with E-state index in [9.17, 15) is 30.3 Å². The number of nitrogens with one attached hydrogen (secondary N) is 1. The van der Waals surface area contributed by atoms with Crippen molar-refractivity contribution in [3.8, 4) is 0 Å². The van der Waals surface area contributed by atoms with Gasteiger partial charge in [0.25, 0.3) is 0 Å². The summed E-state index contributed by atoms with van der Waals surface area (Å²) < 4.78 is 11.3. The van der Waals surface area contributed by atoms with E-state index in [1.165, 1.54) is 289 Å². The lowest BCUT2D eigenvalue weighted by Crippen LogP contribution is -2.60. The van der Waals surface area contributed by atoms with Crippen LogP contribution in [0, 0.1) is 0 Å². The van der Waals surface area contributed by atoms with Gasteiger partial charge in [-0.15, -0.1) is 0 Å². The molecule has 1 aliphatic rings. The number of carbonyl (C=O) groups excluding carboxylic acids is 1. The van der Waals surface area contributed by atoms with Crippen molar-refractivity contribution in [3.05, 3.63) is 24.3 Å². The van der Waals surface area contributed by atoms with Crippen LogP contribution in [0.2, 0.25) is 0 Å². The lowest BCUT2D eigenvalue weighted by Gasteiger charge is -2.40. The van der Waals surface area contributed by atoms with Gasteiger partial charge in [0.2, 0.25) is 5.91 Å². The van der Waals surface area contributed by atoms with Gasteiger partial charge in [-0.3, -0.25) is 4.79 Å². The summed E-state index contributed by atoms with van der Waals surface area (Å²) in [4.78, 5) is 13.1. The van der Waals surface area contributed by atoms with Crippen LogP contribution in [0.1, 0.15) is 348 Å². The lowest BCUT2D eigenvalue weighted by molar-refractivity contribution is -0.302. The zero-order valence-corrected chi connectivity index (χ0v) is 51.0. The number of hydrogen-bond acceptors (Lipinski definition) is 8. The molecule has 0 aromatic heterocycles. The van der Waals surface area contributed by atoms with E-state index in [0.717, 1.165) is 38.5 Å². The van der Waals surface area contributed by atoms with E-state index < -0.39 is 49.5 Å². The highest BCUT2D eigenvalue weighted by molar-refractivity contribution is 5.76. The number of hydrogen-bond donors (Lipinski definition) is 6. The predicted octanol–water partition coefficient (Wildman–Crippen LogP) is 18.1. The molecule has 0 aromatic carbocycles. The van der Waals surface area contributed by atoms with Crippen molar-refractivity contribution in [2.75, 3.05) is 13.2 Å². The minimum absolute atomic E-state index is 0.179. The van der Waals surface area contributed by atoms with Crippen LogP contribution in [0.5, 0.6) is 0 Å². The second kappa shape index (κ2) is 57.9. The van der Waals surface area contributed by atoms with E-state index in [1.807, 2.05) is 6.08 Å². The molecule has 0 aliphatic carbocycles. The molecule has 1 saturated heterocycles. The fraction of sp³-hybridized carbons (Fsp3) is 0.926. The van der Waals surface area contributed by atoms with Gasteiger partial charge in [-0.25, -0.2) is 0 Å². The van der Waals surface area contributed by atoms with Gasteiger partial charge < -0.3 is 40.3 Å². The molecule has 6 N–H and O–H groups in total. The van der Waals surface area contributed by atoms with Crippen molar-refractivity contribution >= 4 is 5.91 Å². The third-order valence-corrected chi connectivity index (χ3v) is 16.5. The fourth-order valence-electron chi connectivity index (χ4n) is 11.2. The van der Waals surface area contributed by atoms with Crippen LogP contribution >= 0.6 is 0 Å². The monoisotopic (exact) mass is 1090 g/mol. The van der Waals surface area contributed by atoms with Gasteiger partial charge in [0.1, 0.15) is 24.4 Å². The largest absolute Gasteiger partial charge is 0.394 e. The van der Waals surface area contributed by atoms with E-state index in [1.54, 1.807) is 6.08 Å². The number of carbonyl (C=O) groups is 1. The standard InChI is InChI=1S/C68H131NO8/c1-3-5-7-9-11-13-15-17-19-21-23-24-25-26-27-28-29-30-31-32-33-34-35-36-37-38-40-42-44-46-48-50-52-54-56-58-64(72)69-61(60-76-68-67(75)66(74)65(73)63(59-70)77-68)62(71)57-55-53-51-49-47-45-43-41-39-22-20-18-16-14-12-10-8-6-4-2/h47,49,55,57,61-63,65-68,70-71,73-75H,3-46,48,50-54,56,58-60H2,1-2H3,(H,69,72)/b49-47+,57-55+. The maximum atomic E-state index is 13.1. The van der Waals surface area contributed by atoms with Gasteiger partial charge in [-0.2, -0.15) is 0 Å². The number of aliphatic hydroxyl groups is 5. The Hall–Kier alpha value is -1.33. The first kappa shape index (κ1) is 73.7. The molecule has 7 unspecified atom stereocenters. The highest BCUT2D eigenvalue weighted by Gasteiger charge is 2.44. The Kier molecular flexibility index (Phi) is 55.4. The first-order chi connectivity index (χ1) is 37.8. The summed E-state index contributed by atoms with van der Waals surface area (Å²) in [5.41, 5.74) is 0. The first-order valence-corrected chi connectivity index (χ1v) is 34.1. The Labute approximate surface area is 477 Å². The molecule has 9 nitrogen and oxygen atoms in total.